The van der Waals surface area contributed by atoms with Crippen LogP contribution in [0, 0.1) is 11.8 Å². The van der Waals surface area contributed by atoms with E-state index in [0.29, 0.717) is 6.54 Å². The molecule has 12 heavy (non-hydrogen) atoms. The molecule has 4 nitrogen and oxygen atoms in total. The molecule has 0 unspecified atom stereocenters. The Morgan fingerprint density at radius 2 is 2.67 bits per heavy atom. The lowest BCUT2D eigenvalue weighted by Crippen LogP contribution is -2.20. The number of carbonyl (C=O) groups excluding carboxylic acids is 1. The van der Waals surface area contributed by atoms with Crippen LogP contribution in [0.5, 0.6) is 0 Å². The predicted molar refractivity (Wildman–Crippen MR) is 43.9 cm³/mol. The van der Waals surface area contributed by atoms with E-state index in [1.165, 1.54) is 0 Å². The first-order chi connectivity index (χ1) is 5.83. The average molecular weight is 163 g/mol. The van der Waals surface area contributed by atoms with Gasteiger partial charge in [0.1, 0.15) is 0 Å². The maximum absolute atomic E-state index is 10.8. The molecule has 0 aliphatic heterocycles. The average Bonchev–Trinajstić information content (AvgIpc) is 2.53. The van der Waals surface area contributed by atoms with E-state index in [4.69, 9.17) is 0 Å². The summed E-state index contributed by atoms with van der Waals surface area (Å²) in [7, 11) is 0. The summed E-state index contributed by atoms with van der Waals surface area (Å²) < 4.78 is 0. The van der Waals surface area contributed by atoms with Crippen LogP contribution in [0.25, 0.3) is 0 Å². The molecule has 0 aromatic carbocycles. The second-order valence-corrected chi connectivity index (χ2v) is 2.13. The summed E-state index contributed by atoms with van der Waals surface area (Å²) in [6.45, 7) is 2.06. The number of nitrogens with zero attached hydrogens (tertiary/aromatic N) is 1. The van der Waals surface area contributed by atoms with Gasteiger partial charge in [-0.15, -0.1) is 0 Å². The summed E-state index contributed by atoms with van der Waals surface area (Å²) in [5.41, 5.74) is 0.862. The zero-order valence-electron chi connectivity index (χ0n) is 6.72. The summed E-state index contributed by atoms with van der Waals surface area (Å²) in [5, 5.41) is 2.60. The first-order valence-corrected chi connectivity index (χ1v) is 3.50. The molecule has 0 aliphatic rings. The van der Waals surface area contributed by atoms with Gasteiger partial charge in [0.05, 0.1) is 18.6 Å². The highest BCUT2D eigenvalue weighted by molar-refractivity contribution is 5.93. The van der Waals surface area contributed by atoms with Crippen LogP contribution in [0.3, 0.4) is 0 Å². The molecule has 0 aliphatic carbocycles. The van der Waals surface area contributed by atoms with Gasteiger partial charge in [-0.3, -0.25) is 4.79 Å². The fourth-order valence-electron chi connectivity index (χ4n) is 0.715. The topological polar surface area (TPSA) is 57.8 Å². The number of aromatic nitrogens is 2. The van der Waals surface area contributed by atoms with Crippen LogP contribution in [0.2, 0.25) is 0 Å². The third-order valence-corrected chi connectivity index (χ3v) is 1.23. The van der Waals surface area contributed by atoms with Gasteiger partial charge in [-0.2, -0.15) is 0 Å². The Labute approximate surface area is 70.4 Å². The minimum absolute atomic E-state index is 0.271. The van der Waals surface area contributed by atoms with E-state index in [9.17, 15) is 4.79 Å². The van der Waals surface area contributed by atoms with Gasteiger partial charge in [0.2, 0.25) is 0 Å². The minimum Gasteiger partial charge on any atom is -0.347 e. The van der Waals surface area contributed by atoms with Crippen LogP contribution in [-0.2, 0) is 11.3 Å². The third kappa shape index (κ3) is 2.46. The summed E-state index contributed by atoms with van der Waals surface area (Å²) >= 11 is 0. The Morgan fingerprint density at radius 1 is 1.83 bits per heavy atom. The van der Waals surface area contributed by atoms with Gasteiger partial charge in [-0.1, -0.05) is 5.92 Å². The Morgan fingerprint density at radius 3 is 3.25 bits per heavy atom. The number of nitrogens with one attached hydrogen (secondary N) is 2. The Hall–Kier alpha value is -1.76. The van der Waals surface area contributed by atoms with E-state index in [1.54, 1.807) is 19.4 Å². The molecule has 0 saturated carbocycles. The van der Waals surface area contributed by atoms with Gasteiger partial charge in [0, 0.05) is 6.20 Å². The van der Waals surface area contributed by atoms with E-state index >= 15 is 0 Å². The molecule has 62 valence electrons. The number of aromatic amines is 1. The summed E-state index contributed by atoms with van der Waals surface area (Å²) in [4.78, 5) is 17.5. The molecule has 1 amide bonds. The molecule has 2 N–H and O–H groups in total. The monoisotopic (exact) mass is 163 g/mol. The number of hydrogen-bond donors (Lipinski definition) is 2. The van der Waals surface area contributed by atoms with Gasteiger partial charge in [-0.25, -0.2) is 4.98 Å². The number of carbonyl (C=O) groups is 1. The molecule has 1 aromatic rings. The van der Waals surface area contributed by atoms with Crippen molar-refractivity contribution in [1.82, 2.24) is 15.3 Å². The molecule has 1 rings (SSSR count). The summed E-state index contributed by atoms with van der Waals surface area (Å²) in [6.07, 6.45) is 3.21. The zero-order chi connectivity index (χ0) is 8.81. The lowest BCUT2D eigenvalue weighted by atomic mass is 10.4. The zero-order valence-corrected chi connectivity index (χ0v) is 6.72. The summed E-state index contributed by atoms with van der Waals surface area (Å²) in [5.74, 6) is 4.61. The Bertz CT molecular complexity index is 305. The van der Waals surface area contributed by atoms with E-state index in [1.807, 2.05) is 0 Å². The van der Waals surface area contributed by atoms with E-state index in [2.05, 4.69) is 27.1 Å². The predicted octanol–water partition coefficient (Wildman–Crippen LogP) is 0.0492. The molecule has 0 spiro atoms. The number of H-pyrrole nitrogens is 1. The standard InChI is InChI=1S/C8H9N3O/c1-2-3-8(12)10-5-7-4-9-6-11-7/h4,6H,5H2,1H3,(H,9,11)(H,10,12). The second-order valence-electron chi connectivity index (χ2n) is 2.13. The van der Waals surface area contributed by atoms with Crippen LogP contribution >= 0.6 is 0 Å². The SMILES string of the molecule is CC#CC(=O)NCc1cnc[nH]1. The minimum atomic E-state index is -0.271. The highest BCUT2D eigenvalue weighted by Crippen LogP contribution is 1.87. The van der Waals surface area contributed by atoms with Crippen LogP contribution in [0.4, 0.5) is 0 Å². The number of hydrogen-bond acceptors (Lipinski definition) is 2. The molecule has 1 aromatic heterocycles. The normalized spacial score (nSPS) is 8.42. The van der Waals surface area contributed by atoms with Crippen LogP contribution in [0.1, 0.15) is 12.6 Å². The number of imidazole rings is 1. The van der Waals surface area contributed by atoms with Crippen molar-refractivity contribution >= 4 is 5.91 Å². The fourth-order valence-corrected chi connectivity index (χ4v) is 0.715. The van der Waals surface area contributed by atoms with Crippen LogP contribution in [-0.4, -0.2) is 15.9 Å². The van der Waals surface area contributed by atoms with Gasteiger partial charge in [0.15, 0.2) is 0 Å². The van der Waals surface area contributed by atoms with Crippen molar-refractivity contribution in [3.8, 4) is 11.8 Å². The molecule has 0 atom stereocenters. The molecule has 1 heterocycles. The quantitative estimate of drug-likeness (QED) is 0.605. The van der Waals surface area contributed by atoms with E-state index in [-0.39, 0.29) is 5.91 Å². The highest BCUT2D eigenvalue weighted by Gasteiger charge is 1.95. The maximum Gasteiger partial charge on any atom is 0.296 e. The number of rotatable bonds is 2. The first-order valence-electron chi connectivity index (χ1n) is 3.50. The lowest BCUT2D eigenvalue weighted by Gasteiger charge is -1.95. The van der Waals surface area contributed by atoms with Crippen molar-refractivity contribution in [2.75, 3.05) is 0 Å². The lowest BCUT2D eigenvalue weighted by molar-refractivity contribution is -0.115. The van der Waals surface area contributed by atoms with Crippen molar-refractivity contribution in [1.29, 1.82) is 0 Å². The molecule has 0 bridgehead atoms. The molecular formula is C8H9N3O. The van der Waals surface area contributed by atoms with Crippen LogP contribution in [0.15, 0.2) is 12.5 Å². The molecule has 0 fully saturated rings. The largest absolute Gasteiger partial charge is 0.347 e. The molecule has 0 radical (unpaired) electrons. The fraction of sp³-hybridized carbons (Fsp3) is 0.250. The Balaban J connectivity index is 2.35. The number of amides is 1. The second kappa shape index (κ2) is 4.19. The molecule has 4 heteroatoms. The van der Waals surface area contributed by atoms with Crippen molar-refractivity contribution in [2.45, 2.75) is 13.5 Å². The smallest absolute Gasteiger partial charge is 0.296 e. The highest BCUT2D eigenvalue weighted by atomic mass is 16.1. The Kier molecular flexibility index (Phi) is 2.91. The van der Waals surface area contributed by atoms with Gasteiger partial charge >= 0.3 is 0 Å². The van der Waals surface area contributed by atoms with Gasteiger partial charge in [-0.05, 0) is 12.8 Å². The van der Waals surface area contributed by atoms with E-state index in [0.717, 1.165) is 5.69 Å². The molecule has 0 saturated heterocycles. The van der Waals surface area contributed by atoms with Gasteiger partial charge in [0.25, 0.3) is 5.91 Å². The van der Waals surface area contributed by atoms with Crippen molar-refractivity contribution in [2.24, 2.45) is 0 Å². The summed E-state index contributed by atoms with van der Waals surface area (Å²) in [6, 6.07) is 0. The van der Waals surface area contributed by atoms with Gasteiger partial charge < -0.3 is 10.3 Å². The van der Waals surface area contributed by atoms with Crippen molar-refractivity contribution < 1.29 is 4.79 Å². The van der Waals surface area contributed by atoms with Crippen molar-refractivity contribution in [3.63, 3.8) is 0 Å². The van der Waals surface area contributed by atoms with Crippen LogP contribution < -0.4 is 5.32 Å². The van der Waals surface area contributed by atoms with E-state index < -0.39 is 0 Å². The van der Waals surface area contributed by atoms with Crippen molar-refractivity contribution in [3.05, 3.63) is 18.2 Å². The molecular weight excluding hydrogens is 154 g/mol. The maximum atomic E-state index is 10.8. The third-order valence-electron chi connectivity index (χ3n) is 1.23. The first kappa shape index (κ1) is 8.34.